The van der Waals surface area contributed by atoms with Crippen LogP contribution in [0.2, 0.25) is 0 Å². The maximum atomic E-state index is 13.0. The summed E-state index contributed by atoms with van der Waals surface area (Å²) in [6.45, 7) is 0. The third-order valence-corrected chi connectivity index (χ3v) is 3.76. The second-order valence-corrected chi connectivity index (χ2v) is 5.20. The van der Waals surface area contributed by atoms with Gasteiger partial charge in [0.05, 0.1) is 11.3 Å². The molecule has 0 aliphatic carbocycles. The molecule has 3 N–H and O–H groups in total. The molecule has 0 bridgehead atoms. The molecule has 0 amide bonds. The molecule has 0 radical (unpaired) electrons. The number of H-pyrrole nitrogens is 1. The van der Waals surface area contributed by atoms with Crippen LogP contribution in [0.4, 0.5) is 10.2 Å². The Labute approximate surface area is 123 Å². The molecule has 3 aromatic rings. The predicted octanol–water partition coefficient (Wildman–Crippen LogP) is 4.23. The Bertz CT molecular complexity index is 750. The second kappa shape index (κ2) is 5.09. The van der Waals surface area contributed by atoms with E-state index < -0.39 is 0 Å². The van der Waals surface area contributed by atoms with Crippen molar-refractivity contribution in [1.29, 1.82) is 0 Å². The van der Waals surface area contributed by atoms with E-state index in [0.29, 0.717) is 5.82 Å². The lowest BCUT2D eigenvalue weighted by atomic mass is 10.0. The van der Waals surface area contributed by atoms with Gasteiger partial charge in [0.1, 0.15) is 5.82 Å². The van der Waals surface area contributed by atoms with Crippen molar-refractivity contribution < 1.29 is 4.39 Å². The number of rotatable bonds is 2. The molecular weight excluding hydrogens is 321 g/mol. The summed E-state index contributed by atoms with van der Waals surface area (Å²) < 4.78 is 14.0. The first-order chi connectivity index (χ1) is 9.66. The molecule has 3 nitrogen and oxygen atoms in total. The van der Waals surface area contributed by atoms with Crippen LogP contribution in [-0.4, -0.2) is 10.2 Å². The summed E-state index contributed by atoms with van der Waals surface area (Å²) in [7, 11) is 0. The molecule has 0 spiro atoms. The smallest absolute Gasteiger partial charge is 0.153 e. The first-order valence-corrected chi connectivity index (χ1v) is 6.81. The maximum Gasteiger partial charge on any atom is 0.153 e. The molecule has 0 aliphatic rings. The number of nitrogens with zero attached hydrogens (tertiary/aromatic N) is 1. The van der Waals surface area contributed by atoms with E-state index in [1.54, 1.807) is 12.1 Å². The van der Waals surface area contributed by atoms with Gasteiger partial charge in [-0.2, -0.15) is 5.10 Å². The second-order valence-electron chi connectivity index (χ2n) is 4.35. The third kappa shape index (κ3) is 2.20. The highest BCUT2D eigenvalue weighted by Gasteiger charge is 2.16. The van der Waals surface area contributed by atoms with E-state index in [4.69, 9.17) is 5.73 Å². The fourth-order valence-corrected chi connectivity index (χ4v) is 2.60. The lowest BCUT2D eigenvalue weighted by Crippen LogP contribution is -1.89. The van der Waals surface area contributed by atoms with E-state index in [-0.39, 0.29) is 5.82 Å². The minimum atomic E-state index is -0.274. The van der Waals surface area contributed by atoms with Crippen molar-refractivity contribution in [3.05, 3.63) is 58.8 Å². The van der Waals surface area contributed by atoms with Gasteiger partial charge in [-0.15, -0.1) is 0 Å². The molecule has 20 heavy (non-hydrogen) atoms. The number of nitrogen functional groups attached to an aromatic ring is 1. The highest BCUT2D eigenvalue weighted by atomic mass is 79.9. The largest absolute Gasteiger partial charge is 0.382 e. The van der Waals surface area contributed by atoms with Gasteiger partial charge in [0.25, 0.3) is 0 Å². The third-order valence-electron chi connectivity index (χ3n) is 3.07. The number of benzene rings is 2. The van der Waals surface area contributed by atoms with Crippen LogP contribution in [0.5, 0.6) is 0 Å². The molecule has 0 fully saturated rings. The number of aromatic amines is 1. The Kier molecular flexibility index (Phi) is 3.28. The van der Waals surface area contributed by atoms with Crippen molar-refractivity contribution in [2.45, 2.75) is 0 Å². The number of hydrogen-bond acceptors (Lipinski definition) is 2. The first kappa shape index (κ1) is 12.9. The molecule has 2 aromatic carbocycles. The number of nitrogens with one attached hydrogen (secondary N) is 1. The van der Waals surface area contributed by atoms with Crippen LogP contribution in [0.1, 0.15) is 0 Å². The van der Waals surface area contributed by atoms with E-state index >= 15 is 0 Å². The molecule has 3 rings (SSSR count). The highest BCUT2D eigenvalue weighted by molar-refractivity contribution is 9.10. The van der Waals surface area contributed by atoms with E-state index in [1.807, 2.05) is 24.3 Å². The van der Waals surface area contributed by atoms with Crippen LogP contribution >= 0.6 is 15.9 Å². The molecule has 0 saturated heterocycles. The van der Waals surface area contributed by atoms with Gasteiger partial charge in [-0.25, -0.2) is 4.39 Å². The van der Waals surface area contributed by atoms with Gasteiger partial charge in [-0.1, -0.05) is 34.1 Å². The SMILES string of the molecule is Nc1n[nH]c(-c2ccc(F)cc2)c1-c1ccccc1Br. The molecule has 1 aromatic heterocycles. The molecule has 0 unspecified atom stereocenters. The monoisotopic (exact) mass is 331 g/mol. The fourth-order valence-electron chi connectivity index (χ4n) is 2.12. The van der Waals surface area contributed by atoms with Gasteiger partial charge in [0, 0.05) is 15.6 Å². The summed E-state index contributed by atoms with van der Waals surface area (Å²) in [5.74, 6) is 0.139. The van der Waals surface area contributed by atoms with Crippen molar-refractivity contribution >= 4 is 21.7 Å². The molecule has 100 valence electrons. The van der Waals surface area contributed by atoms with Crippen molar-refractivity contribution in [3.63, 3.8) is 0 Å². The van der Waals surface area contributed by atoms with Gasteiger partial charge in [0.2, 0.25) is 0 Å². The normalized spacial score (nSPS) is 10.7. The predicted molar refractivity (Wildman–Crippen MR) is 81.5 cm³/mol. The maximum absolute atomic E-state index is 13.0. The van der Waals surface area contributed by atoms with E-state index in [1.165, 1.54) is 12.1 Å². The lowest BCUT2D eigenvalue weighted by Gasteiger charge is -2.07. The highest BCUT2D eigenvalue weighted by Crippen LogP contribution is 2.38. The molecule has 1 heterocycles. The zero-order valence-corrected chi connectivity index (χ0v) is 12.0. The number of hydrogen-bond donors (Lipinski definition) is 2. The standard InChI is InChI=1S/C15H11BrFN3/c16-12-4-2-1-3-11(12)13-14(19-20-15(13)18)9-5-7-10(17)8-6-9/h1-8H,(H3,18,19,20). The average Bonchev–Trinajstić information content (AvgIpc) is 2.82. The number of nitrogens with two attached hydrogens (primary N) is 1. The van der Waals surface area contributed by atoms with E-state index in [2.05, 4.69) is 26.1 Å². The van der Waals surface area contributed by atoms with Gasteiger partial charge in [0.15, 0.2) is 5.82 Å². The van der Waals surface area contributed by atoms with Crippen molar-refractivity contribution in [3.8, 4) is 22.4 Å². The lowest BCUT2D eigenvalue weighted by molar-refractivity contribution is 0.628. The fraction of sp³-hybridized carbons (Fsp3) is 0. The van der Waals surface area contributed by atoms with Crippen LogP contribution < -0.4 is 5.73 Å². The number of aromatic nitrogens is 2. The van der Waals surface area contributed by atoms with Crippen molar-refractivity contribution in [2.75, 3.05) is 5.73 Å². The van der Waals surface area contributed by atoms with E-state index in [9.17, 15) is 4.39 Å². The summed E-state index contributed by atoms with van der Waals surface area (Å²) >= 11 is 3.51. The van der Waals surface area contributed by atoms with Crippen molar-refractivity contribution in [2.24, 2.45) is 0 Å². The minimum Gasteiger partial charge on any atom is -0.382 e. The van der Waals surface area contributed by atoms with E-state index in [0.717, 1.165) is 26.9 Å². The van der Waals surface area contributed by atoms with Crippen LogP contribution in [0.25, 0.3) is 22.4 Å². The van der Waals surface area contributed by atoms with Gasteiger partial charge >= 0.3 is 0 Å². The van der Waals surface area contributed by atoms with Gasteiger partial charge in [-0.3, -0.25) is 5.10 Å². The van der Waals surface area contributed by atoms with Crippen molar-refractivity contribution in [1.82, 2.24) is 10.2 Å². The Morgan fingerprint density at radius 2 is 1.75 bits per heavy atom. The minimum absolute atomic E-state index is 0.274. The number of halogens is 2. The molecule has 0 atom stereocenters. The summed E-state index contributed by atoms with van der Waals surface area (Å²) in [5.41, 5.74) is 9.33. The Morgan fingerprint density at radius 3 is 2.45 bits per heavy atom. The average molecular weight is 332 g/mol. The summed E-state index contributed by atoms with van der Waals surface area (Å²) in [6, 6.07) is 14.0. The Balaban J connectivity index is 2.20. The summed E-state index contributed by atoms with van der Waals surface area (Å²) in [4.78, 5) is 0. The van der Waals surface area contributed by atoms with Gasteiger partial charge < -0.3 is 5.73 Å². The van der Waals surface area contributed by atoms with Crippen LogP contribution in [0.3, 0.4) is 0 Å². The molecular formula is C15H11BrFN3. The summed E-state index contributed by atoms with van der Waals surface area (Å²) in [6.07, 6.45) is 0. The number of anilines is 1. The Morgan fingerprint density at radius 1 is 1.05 bits per heavy atom. The quantitative estimate of drug-likeness (QED) is 0.738. The van der Waals surface area contributed by atoms with Crippen LogP contribution in [-0.2, 0) is 0 Å². The summed E-state index contributed by atoms with van der Waals surface area (Å²) in [5, 5.41) is 6.99. The van der Waals surface area contributed by atoms with Crippen LogP contribution in [0, 0.1) is 5.82 Å². The van der Waals surface area contributed by atoms with Crippen LogP contribution in [0.15, 0.2) is 53.0 Å². The molecule has 0 aliphatic heterocycles. The van der Waals surface area contributed by atoms with Gasteiger partial charge in [-0.05, 0) is 30.3 Å². The molecule has 0 saturated carbocycles. The Hall–Kier alpha value is -2.14. The first-order valence-electron chi connectivity index (χ1n) is 6.01. The zero-order chi connectivity index (χ0) is 14.1. The topological polar surface area (TPSA) is 54.7 Å². The molecule has 5 heteroatoms. The zero-order valence-electron chi connectivity index (χ0n) is 10.4.